The van der Waals surface area contributed by atoms with E-state index in [9.17, 15) is 4.79 Å². The maximum atomic E-state index is 12.2. The van der Waals surface area contributed by atoms with E-state index in [0.717, 1.165) is 43.1 Å². The van der Waals surface area contributed by atoms with Crippen LogP contribution in [-0.4, -0.2) is 40.0 Å². The van der Waals surface area contributed by atoms with Crippen LogP contribution >= 0.6 is 0 Å². The molecular formula is C21H28N6O. The van der Waals surface area contributed by atoms with E-state index in [1.54, 1.807) is 18.7 Å². The van der Waals surface area contributed by atoms with Crippen molar-refractivity contribution in [2.75, 3.05) is 23.3 Å². The molecule has 0 radical (unpaired) electrons. The predicted molar refractivity (Wildman–Crippen MR) is 109 cm³/mol. The van der Waals surface area contributed by atoms with Crippen molar-refractivity contribution < 1.29 is 4.79 Å². The first-order valence-electron chi connectivity index (χ1n) is 10.3. The minimum atomic E-state index is 0.110. The van der Waals surface area contributed by atoms with Crippen molar-refractivity contribution in [3.8, 4) is 0 Å². The Morgan fingerprint density at radius 1 is 1.25 bits per heavy atom. The van der Waals surface area contributed by atoms with E-state index < -0.39 is 0 Å². The lowest BCUT2D eigenvalue weighted by Crippen LogP contribution is -2.36. The molecule has 1 saturated carbocycles. The molecule has 2 aromatic rings. The summed E-state index contributed by atoms with van der Waals surface area (Å²) in [6.45, 7) is 2.51. The Balaban J connectivity index is 1.24. The van der Waals surface area contributed by atoms with Crippen LogP contribution in [0.1, 0.15) is 44.1 Å². The maximum absolute atomic E-state index is 12.2. The monoisotopic (exact) mass is 380 g/mol. The number of anilines is 2. The second-order valence-electron chi connectivity index (χ2n) is 7.81. The van der Waals surface area contributed by atoms with E-state index in [0.29, 0.717) is 24.9 Å². The molecule has 1 amide bonds. The second-order valence-corrected chi connectivity index (χ2v) is 7.81. The maximum Gasteiger partial charge on any atom is 0.220 e. The smallest absolute Gasteiger partial charge is 0.220 e. The van der Waals surface area contributed by atoms with Gasteiger partial charge in [-0.05, 0) is 49.7 Å². The average Bonchev–Trinajstić information content (AvgIpc) is 3.56. The number of carbonyl (C=O) groups is 1. The standard InChI is InChI=1S/C21H28N6O/c28-21(23-13-17-3-1-9-22-12-17)8-5-16-4-2-10-27(14-16)20-11-19(24-15-25-20)26-18-6-7-18/h1,3,9,11-12,15-16,18H,2,4-8,10,13-14H2,(H,23,28)(H,24,25,26). The fraction of sp³-hybridized carbons (Fsp3) is 0.524. The van der Waals surface area contributed by atoms with Gasteiger partial charge in [-0.2, -0.15) is 0 Å². The third kappa shape index (κ3) is 5.41. The molecule has 7 nitrogen and oxygen atoms in total. The number of piperidine rings is 1. The molecule has 28 heavy (non-hydrogen) atoms. The van der Waals surface area contributed by atoms with Crippen molar-refractivity contribution in [3.05, 3.63) is 42.5 Å². The Kier molecular flexibility index (Phi) is 5.99. The zero-order valence-corrected chi connectivity index (χ0v) is 16.2. The number of aromatic nitrogens is 3. The van der Waals surface area contributed by atoms with Gasteiger partial charge in [0.1, 0.15) is 18.0 Å². The molecule has 4 rings (SSSR count). The minimum absolute atomic E-state index is 0.110. The molecule has 2 fully saturated rings. The molecule has 2 N–H and O–H groups in total. The van der Waals surface area contributed by atoms with E-state index in [1.165, 1.54) is 19.3 Å². The summed E-state index contributed by atoms with van der Waals surface area (Å²) in [4.78, 5) is 27.4. The molecular weight excluding hydrogens is 352 g/mol. The minimum Gasteiger partial charge on any atom is -0.367 e. The summed E-state index contributed by atoms with van der Waals surface area (Å²) in [5.41, 5.74) is 1.03. The van der Waals surface area contributed by atoms with Gasteiger partial charge in [-0.25, -0.2) is 9.97 Å². The van der Waals surface area contributed by atoms with Gasteiger partial charge in [-0.15, -0.1) is 0 Å². The van der Waals surface area contributed by atoms with Crippen LogP contribution in [0.15, 0.2) is 36.9 Å². The van der Waals surface area contributed by atoms with E-state index in [1.807, 2.05) is 12.1 Å². The van der Waals surface area contributed by atoms with Gasteiger partial charge in [-0.1, -0.05) is 6.07 Å². The summed E-state index contributed by atoms with van der Waals surface area (Å²) < 4.78 is 0. The zero-order valence-electron chi connectivity index (χ0n) is 16.2. The fourth-order valence-electron chi connectivity index (χ4n) is 3.67. The Labute approximate surface area is 166 Å². The summed E-state index contributed by atoms with van der Waals surface area (Å²) in [6, 6.07) is 6.50. The van der Waals surface area contributed by atoms with Crippen LogP contribution in [0.2, 0.25) is 0 Å². The molecule has 3 heterocycles. The molecule has 0 aromatic carbocycles. The largest absolute Gasteiger partial charge is 0.367 e. The van der Waals surface area contributed by atoms with Crippen LogP contribution < -0.4 is 15.5 Å². The third-order valence-electron chi connectivity index (χ3n) is 5.42. The van der Waals surface area contributed by atoms with Crippen molar-refractivity contribution in [2.24, 2.45) is 5.92 Å². The lowest BCUT2D eigenvalue weighted by atomic mass is 9.93. The van der Waals surface area contributed by atoms with Crippen molar-refractivity contribution in [3.63, 3.8) is 0 Å². The molecule has 1 atom stereocenters. The highest BCUT2D eigenvalue weighted by Crippen LogP contribution is 2.27. The molecule has 2 aliphatic rings. The Hall–Kier alpha value is -2.70. The first-order valence-corrected chi connectivity index (χ1v) is 10.3. The summed E-state index contributed by atoms with van der Waals surface area (Å²) in [6.07, 6.45) is 11.4. The molecule has 1 unspecified atom stereocenters. The highest BCUT2D eigenvalue weighted by Gasteiger charge is 2.24. The van der Waals surface area contributed by atoms with Crippen LogP contribution in [0.3, 0.4) is 0 Å². The normalized spacial score (nSPS) is 19.3. The molecule has 0 bridgehead atoms. The Bertz CT molecular complexity index is 779. The summed E-state index contributed by atoms with van der Waals surface area (Å²) in [5, 5.41) is 6.43. The van der Waals surface area contributed by atoms with Crippen LogP contribution in [0.25, 0.3) is 0 Å². The second kappa shape index (κ2) is 8.99. The summed E-state index contributed by atoms with van der Waals surface area (Å²) in [5.74, 6) is 2.54. The van der Waals surface area contributed by atoms with Gasteiger partial charge >= 0.3 is 0 Å². The molecule has 7 heteroatoms. The van der Waals surface area contributed by atoms with Gasteiger partial charge in [0.15, 0.2) is 0 Å². The molecule has 2 aromatic heterocycles. The number of nitrogens with zero attached hydrogens (tertiary/aromatic N) is 4. The molecule has 1 aliphatic heterocycles. The van der Waals surface area contributed by atoms with Crippen LogP contribution in [-0.2, 0) is 11.3 Å². The van der Waals surface area contributed by atoms with Crippen LogP contribution in [0.5, 0.6) is 0 Å². The number of carbonyl (C=O) groups excluding carboxylic acids is 1. The van der Waals surface area contributed by atoms with Gasteiger partial charge in [0, 0.05) is 50.6 Å². The molecule has 148 valence electrons. The highest BCUT2D eigenvalue weighted by molar-refractivity contribution is 5.75. The summed E-state index contributed by atoms with van der Waals surface area (Å²) >= 11 is 0. The number of rotatable bonds is 8. The Morgan fingerprint density at radius 2 is 2.18 bits per heavy atom. The lowest BCUT2D eigenvalue weighted by Gasteiger charge is -2.33. The van der Waals surface area contributed by atoms with Gasteiger partial charge in [0.2, 0.25) is 5.91 Å². The fourth-order valence-corrected chi connectivity index (χ4v) is 3.67. The van der Waals surface area contributed by atoms with Crippen molar-refractivity contribution in [1.82, 2.24) is 20.3 Å². The molecule has 0 spiro atoms. The first kappa shape index (κ1) is 18.7. The SMILES string of the molecule is O=C(CCC1CCCN(c2cc(NC3CC3)ncn2)C1)NCc1cccnc1. The quantitative estimate of drug-likeness (QED) is 0.733. The van der Waals surface area contributed by atoms with Gasteiger partial charge in [0.05, 0.1) is 0 Å². The average molecular weight is 380 g/mol. The van der Waals surface area contributed by atoms with E-state index in [4.69, 9.17) is 0 Å². The Morgan fingerprint density at radius 3 is 3.00 bits per heavy atom. The molecule has 1 aliphatic carbocycles. The highest BCUT2D eigenvalue weighted by atomic mass is 16.1. The van der Waals surface area contributed by atoms with E-state index in [-0.39, 0.29) is 5.91 Å². The van der Waals surface area contributed by atoms with Crippen molar-refractivity contribution >= 4 is 17.5 Å². The third-order valence-corrected chi connectivity index (χ3v) is 5.42. The van der Waals surface area contributed by atoms with Gasteiger partial charge < -0.3 is 15.5 Å². The van der Waals surface area contributed by atoms with Crippen molar-refractivity contribution in [1.29, 1.82) is 0 Å². The first-order chi connectivity index (χ1) is 13.8. The number of amides is 1. The zero-order chi connectivity index (χ0) is 19.2. The summed E-state index contributed by atoms with van der Waals surface area (Å²) in [7, 11) is 0. The van der Waals surface area contributed by atoms with Gasteiger partial charge in [-0.3, -0.25) is 9.78 Å². The number of nitrogens with one attached hydrogen (secondary N) is 2. The van der Waals surface area contributed by atoms with E-state index in [2.05, 4.69) is 36.6 Å². The van der Waals surface area contributed by atoms with E-state index >= 15 is 0 Å². The van der Waals surface area contributed by atoms with Crippen LogP contribution in [0.4, 0.5) is 11.6 Å². The molecule has 1 saturated heterocycles. The van der Waals surface area contributed by atoms with Gasteiger partial charge in [0.25, 0.3) is 0 Å². The number of pyridine rings is 1. The number of hydrogen-bond acceptors (Lipinski definition) is 6. The lowest BCUT2D eigenvalue weighted by molar-refractivity contribution is -0.121. The predicted octanol–water partition coefficient (Wildman–Crippen LogP) is 2.76. The topological polar surface area (TPSA) is 83.0 Å². The van der Waals surface area contributed by atoms with Crippen LogP contribution in [0, 0.1) is 5.92 Å². The number of hydrogen-bond donors (Lipinski definition) is 2. The van der Waals surface area contributed by atoms with Crippen molar-refractivity contribution in [2.45, 2.75) is 51.1 Å².